The van der Waals surface area contributed by atoms with Gasteiger partial charge in [-0.3, -0.25) is 13.9 Å². The molecule has 3 aromatic rings. The number of sulfonamides is 1. The molecule has 0 saturated heterocycles. The number of nitrogens with one attached hydrogen (secondary N) is 1. The van der Waals surface area contributed by atoms with E-state index in [4.69, 9.17) is 0 Å². The Balaban J connectivity index is 1.95. The van der Waals surface area contributed by atoms with Gasteiger partial charge in [0, 0.05) is 16.2 Å². The Bertz CT molecular complexity index is 1300. The predicted molar refractivity (Wildman–Crippen MR) is 159 cm³/mol. The summed E-state index contributed by atoms with van der Waals surface area (Å²) in [6.45, 7) is 5.39. The lowest BCUT2D eigenvalue weighted by Gasteiger charge is -2.32. The molecule has 3 aromatic carbocycles. The fourth-order valence-electron chi connectivity index (χ4n) is 3.89. The highest BCUT2D eigenvalue weighted by atomic mass is 127. The van der Waals surface area contributed by atoms with Crippen molar-refractivity contribution in [3.63, 3.8) is 0 Å². The Morgan fingerprint density at radius 2 is 1.47 bits per heavy atom. The smallest absolute Gasteiger partial charge is 0.264 e. The van der Waals surface area contributed by atoms with Gasteiger partial charge in [0.05, 0.1) is 10.6 Å². The molecular weight excluding hydrogens is 613 g/mol. The summed E-state index contributed by atoms with van der Waals surface area (Å²) < 4.78 is 29.5. The molecule has 38 heavy (non-hydrogen) atoms. The molecule has 2 atom stereocenters. The summed E-state index contributed by atoms with van der Waals surface area (Å²) in [5.74, 6) is -0.724. The number of hydrogen-bond donors (Lipinski definition) is 1. The van der Waals surface area contributed by atoms with E-state index in [1.165, 1.54) is 17.0 Å². The van der Waals surface area contributed by atoms with Crippen molar-refractivity contribution < 1.29 is 18.0 Å². The third kappa shape index (κ3) is 7.80. The molecule has 0 aliphatic rings. The summed E-state index contributed by atoms with van der Waals surface area (Å²) in [7, 11) is -4.05. The minimum absolute atomic E-state index is 0.0437. The summed E-state index contributed by atoms with van der Waals surface area (Å²) >= 11 is 2.15. The first-order valence-corrected chi connectivity index (χ1v) is 15.1. The summed E-state index contributed by atoms with van der Waals surface area (Å²) in [5, 5.41) is 2.94. The molecule has 7 nitrogen and oxygen atoms in total. The van der Waals surface area contributed by atoms with E-state index in [2.05, 4.69) is 27.9 Å². The van der Waals surface area contributed by atoms with E-state index in [-0.39, 0.29) is 23.4 Å². The highest BCUT2D eigenvalue weighted by molar-refractivity contribution is 14.1. The van der Waals surface area contributed by atoms with Crippen LogP contribution < -0.4 is 9.62 Å². The second-order valence-electron chi connectivity index (χ2n) is 9.12. The highest BCUT2D eigenvalue weighted by Gasteiger charge is 2.32. The molecule has 0 bridgehead atoms. The van der Waals surface area contributed by atoms with Gasteiger partial charge in [-0.1, -0.05) is 55.5 Å². The van der Waals surface area contributed by atoms with Crippen molar-refractivity contribution in [3.8, 4) is 0 Å². The first kappa shape index (κ1) is 29.6. The summed E-state index contributed by atoms with van der Waals surface area (Å²) in [6, 6.07) is 23.9. The Kier molecular flexibility index (Phi) is 10.7. The largest absolute Gasteiger partial charge is 0.352 e. The van der Waals surface area contributed by atoms with Crippen LogP contribution in [0.3, 0.4) is 0 Å². The van der Waals surface area contributed by atoms with Crippen LogP contribution in [0.15, 0.2) is 89.8 Å². The minimum atomic E-state index is -4.05. The molecule has 2 amide bonds. The van der Waals surface area contributed by atoms with E-state index < -0.39 is 28.5 Å². The van der Waals surface area contributed by atoms with Crippen LogP contribution in [0.5, 0.6) is 0 Å². The molecule has 0 radical (unpaired) electrons. The third-order valence-corrected chi connectivity index (χ3v) is 8.88. The predicted octanol–water partition coefficient (Wildman–Crippen LogP) is 4.86. The highest BCUT2D eigenvalue weighted by Crippen LogP contribution is 2.25. The number of carbonyl (C=O) groups excluding carboxylic acids is 2. The van der Waals surface area contributed by atoms with Gasteiger partial charge < -0.3 is 10.2 Å². The van der Waals surface area contributed by atoms with Crippen molar-refractivity contribution >= 4 is 50.1 Å². The Morgan fingerprint density at radius 3 is 2.05 bits per heavy atom. The number of carbonyl (C=O) groups is 2. The minimum Gasteiger partial charge on any atom is -0.352 e. The molecule has 1 N–H and O–H groups in total. The molecule has 0 saturated carbocycles. The standard InChI is InChI=1S/C29H34IN3O4S/c1-4-22(2)31-29(35)23(3)32(20-19-24-11-7-5-8-12-24)28(34)21-33(26-17-15-25(30)16-18-26)38(36,37)27-13-9-6-10-14-27/h5-18,22-23H,4,19-21H2,1-3H3,(H,31,35)/t22-,23-/m1/s1. The zero-order valence-electron chi connectivity index (χ0n) is 21.9. The van der Waals surface area contributed by atoms with Crippen LogP contribution in [-0.2, 0) is 26.0 Å². The molecule has 0 aliphatic carbocycles. The van der Waals surface area contributed by atoms with Gasteiger partial charge in [-0.25, -0.2) is 8.42 Å². The number of anilines is 1. The monoisotopic (exact) mass is 647 g/mol. The van der Waals surface area contributed by atoms with Gasteiger partial charge in [0.15, 0.2) is 0 Å². The molecular formula is C29H34IN3O4S. The van der Waals surface area contributed by atoms with Gasteiger partial charge in [0.1, 0.15) is 12.6 Å². The van der Waals surface area contributed by atoms with Crippen LogP contribution in [-0.4, -0.2) is 50.3 Å². The summed E-state index contributed by atoms with van der Waals surface area (Å²) in [6.07, 6.45) is 1.29. The molecule has 0 spiro atoms. The van der Waals surface area contributed by atoms with E-state index in [0.29, 0.717) is 12.1 Å². The Labute approximate surface area is 239 Å². The van der Waals surface area contributed by atoms with Crippen molar-refractivity contribution in [2.24, 2.45) is 0 Å². The van der Waals surface area contributed by atoms with E-state index >= 15 is 0 Å². The molecule has 202 valence electrons. The van der Waals surface area contributed by atoms with Gasteiger partial charge in [0.25, 0.3) is 10.0 Å². The molecule has 0 heterocycles. The van der Waals surface area contributed by atoms with Crippen LogP contribution in [0, 0.1) is 3.57 Å². The lowest BCUT2D eigenvalue weighted by Crippen LogP contribution is -2.53. The SMILES string of the molecule is CC[C@@H](C)NC(=O)[C@@H](C)N(CCc1ccccc1)C(=O)CN(c1ccc(I)cc1)S(=O)(=O)c1ccccc1. The van der Waals surface area contributed by atoms with Gasteiger partial charge >= 0.3 is 0 Å². The average molecular weight is 648 g/mol. The van der Waals surface area contributed by atoms with Crippen LogP contribution >= 0.6 is 22.6 Å². The van der Waals surface area contributed by atoms with Gasteiger partial charge in [-0.05, 0) is 91.2 Å². The topological polar surface area (TPSA) is 86.8 Å². The normalized spacial score (nSPS) is 12.8. The second kappa shape index (κ2) is 13.7. The van der Waals surface area contributed by atoms with Crippen LogP contribution in [0.1, 0.15) is 32.8 Å². The van der Waals surface area contributed by atoms with Crippen molar-refractivity contribution in [1.82, 2.24) is 10.2 Å². The van der Waals surface area contributed by atoms with Crippen molar-refractivity contribution in [1.29, 1.82) is 0 Å². The number of halogens is 1. The van der Waals surface area contributed by atoms with E-state index in [9.17, 15) is 18.0 Å². The lowest BCUT2D eigenvalue weighted by atomic mass is 10.1. The third-order valence-electron chi connectivity index (χ3n) is 6.38. The zero-order chi connectivity index (χ0) is 27.7. The van der Waals surface area contributed by atoms with E-state index in [1.807, 2.05) is 44.2 Å². The van der Waals surface area contributed by atoms with Crippen LogP contribution in [0.4, 0.5) is 5.69 Å². The van der Waals surface area contributed by atoms with Crippen molar-refractivity contribution in [3.05, 3.63) is 94.1 Å². The lowest BCUT2D eigenvalue weighted by molar-refractivity contribution is -0.139. The van der Waals surface area contributed by atoms with E-state index in [0.717, 1.165) is 19.9 Å². The molecule has 3 rings (SSSR count). The van der Waals surface area contributed by atoms with Gasteiger partial charge in [-0.2, -0.15) is 0 Å². The maximum Gasteiger partial charge on any atom is 0.264 e. The second-order valence-corrected chi connectivity index (χ2v) is 12.2. The fraction of sp³-hybridized carbons (Fsp3) is 0.310. The first-order chi connectivity index (χ1) is 18.1. The summed E-state index contributed by atoms with van der Waals surface area (Å²) in [5.41, 5.74) is 1.40. The Hall–Kier alpha value is -2.92. The van der Waals surface area contributed by atoms with Gasteiger partial charge in [0.2, 0.25) is 11.8 Å². The zero-order valence-corrected chi connectivity index (χ0v) is 24.9. The number of nitrogens with zero attached hydrogens (tertiary/aromatic N) is 2. The van der Waals surface area contributed by atoms with Gasteiger partial charge in [-0.15, -0.1) is 0 Å². The van der Waals surface area contributed by atoms with Crippen LogP contribution in [0.2, 0.25) is 0 Å². The van der Waals surface area contributed by atoms with E-state index in [1.54, 1.807) is 49.4 Å². The van der Waals surface area contributed by atoms with Crippen molar-refractivity contribution in [2.45, 2.75) is 50.6 Å². The Morgan fingerprint density at radius 1 is 0.895 bits per heavy atom. The average Bonchev–Trinajstić information content (AvgIpc) is 2.93. The number of amides is 2. The summed E-state index contributed by atoms with van der Waals surface area (Å²) in [4.78, 5) is 28.4. The fourth-order valence-corrected chi connectivity index (χ4v) is 5.69. The first-order valence-electron chi connectivity index (χ1n) is 12.6. The quantitative estimate of drug-likeness (QED) is 0.285. The molecule has 0 unspecified atom stereocenters. The molecule has 0 fully saturated rings. The molecule has 9 heteroatoms. The number of hydrogen-bond acceptors (Lipinski definition) is 4. The maximum absolute atomic E-state index is 13.8. The van der Waals surface area contributed by atoms with Crippen molar-refractivity contribution in [2.75, 3.05) is 17.4 Å². The maximum atomic E-state index is 13.8. The van der Waals surface area contributed by atoms with Crippen LogP contribution in [0.25, 0.3) is 0 Å². The number of benzene rings is 3. The molecule has 0 aromatic heterocycles. The number of rotatable bonds is 12. The molecule has 0 aliphatic heterocycles.